The van der Waals surface area contributed by atoms with Crippen LogP contribution in [0.1, 0.15) is 23.8 Å². The number of aryl methyl sites for hydroxylation is 1. The van der Waals surface area contributed by atoms with E-state index >= 15 is 0 Å². The van der Waals surface area contributed by atoms with E-state index in [4.69, 9.17) is 0 Å². The first-order valence-corrected chi connectivity index (χ1v) is 4.71. The third-order valence-corrected chi connectivity index (χ3v) is 1.93. The van der Waals surface area contributed by atoms with Crippen LogP contribution in [0, 0.1) is 0 Å². The SMILES string of the molecule is CCn1cc(C(=O)CCN(C)C)nn1. The average molecular weight is 196 g/mol. The summed E-state index contributed by atoms with van der Waals surface area (Å²) in [5.41, 5.74) is 0.466. The van der Waals surface area contributed by atoms with Gasteiger partial charge in [-0.3, -0.25) is 9.48 Å². The maximum atomic E-state index is 11.5. The molecule has 5 heteroatoms. The lowest BCUT2D eigenvalue weighted by Crippen LogP contribution is -2.16. The molecule has 0 saturated heterocycles. The molecular weight excluding hydrogens is 180 g/mol. The van der Waals surface area contributed by atoms with Crippen molar-refractivity contribution in [3.63, 3.8) is 0 Å². The minimum absolute atomic E-state index is 0.0541. The second-order valence-corrected chi connectivity index (χ2v) is 3.44. The van der Waals surface area contributed by atoms with Crippen molar-refractivity contribution in [1.82, 2.24) is 19.9 Å². The first kappa shape index (κ1) is 10.8. The van der Waals surface area contributed by atoms with Crippen molar-refractivity contribution in [2.24, 2.45) is 0 Å². The summed E-state index contributed by atoms with van der Waals surface area (Å²) < 4.78 is 1.66. The molecule has 1 aromatic rings. The summed E-state index contributed by atoms with van der Waals surface area (Å²) in [7, 11) is 3.88. The zero-order valence-corrected chi connectivity index (χ0v) is 8.90. The molecule has 0 saturated carbocycles. The molecule has 0 aliphatic carbocycles. The van der Waals surface area contributed by atoms with E-state index in [0.29, 0.717) is 12.1 Å². The number of hydrogen-bond acceptors (Lipinski definition) is 4. The number of aromatic nitrogens is 3. The van der Waals surface area contributed by atoms with Gasteiger partial charge in [0.25, 0.3) is 0 Å². The Hall–Kier alpha value is -1.23. The number of rotatable bonds is 5. The highest BCUT2D eigenvalue weighted by atomic mass is 16.1. The van der Waals surface area contributed by atoms with Crippen molar-refractivity contribution in [1.29, 1.82) is 0 Å². The molecule has 1 rings (SSSR count). The van der Waals surface area contributed by atoms with Crippen molar-refractivity contribution >= 4 is 5.78 Å². The molecule has 0 amide bonds. The van der Waals surface area contributed by atoms with Gasteiger partial charge in [-0.15, -0.1) is 5.10 Å². The largest absolute Gasteiger partial charge is 0.309 e. The maximum absolute atomic E-state index is 11.5. The first-order chi connectivity index (χ1) is 6.63. The van der Waals surface area contributed by atoms with E-state index in [1.807, 2.05) is 25.9 Å². The molecule has 0 aliphatic heterocycles. The molecule has 1 aromatic heterocycles. The highest BCUT2D eigenvalue weighted by molar-refractivity contribution is 5.93. The Morgan fingerprint density at radius 2 is 2.29 bits per heavy atom. The van der Waals surface area contributed by atoms with E-state index in [-0.39, 0.29) is 5.78 Å². The van der Waals surface area contributed by atoms with Crippen LogP contribution in [0.5, 0.6) is 0 Å². The molecule has 0 aliphatic rings. The van der Waals surface area contributed by atoms with Crippen molar-refractivity contribution in [3.05, 3.63) is 11.9 Å². The summed E-state index contributed by atoms with van der Waals surface area (Å²) in [6, 6.07) is 0. The fourth-order valence-corrected chi connectivity index (χ4v) is 1.03. The summed E-state index contributed by atoms with van der Waals surface area (Å²) in [6.07, 6.45) is 2.19. The van der Waals surface area contributed by atoms with E-state index in [1.54, 1.807) is 10.9 Å². The van der Waals surface area contributed by atoms with Gasteiger partial charge in [-0.25, -0.2) is 0 Å². The molecule has 0 fully saturated rings. The zero-order valence-electron chi connectivity index (χ0n) is 8.90. The second kappa shape index (κ2) is 4.85. The van der Waals surface area contributed by atoms with Crippen molar-refractivity contribution in [3.8, 4) is 0 Å². The molecular formula is C9H16N4O. The van der Waals surface area contributed by atoms with Gasteiger partial charge in [0.2, 0.25) is 0 Å². The van der Waals surface area contributed by atoms with E-state index < -0.39 is 0 Å². The van der Waals surface area contributed by atoms with Gasteiger partial charge in [0.1, 0.15) is 5.69 Å². The highest BCUT2D eigenvalue weighted by Gasteiger charge is 2.10. The van der Waals surface area contributed by atoms with Crippen LogP contribution >= 0.6 is 0 Å². The summed E-state index contributed by atoms with van der Waals surface area (Å²) in [5.74, 6) is 0.0541. The smallest absolute Gasteiger partial charge is 0.185 e. The van der Waals surface area contributed by atoms with Gasteiger partial charge in [-0.05, 0) is 21.0 Å². The van der Waals surface area contributed by atoms with Gasteiger partial charge >= 0.3 is 0 Å². The van der Waals surface area contributed by atoms with E-state index in [1.165, 1.54) is 0 Å². The van der Waals surface area contributed by atoms with Gasteiger partial charge in [0.05, 0.1) is 6.20 Å². The van der Waals surface area contributed by atoms with Crippen LogP contribution in [0.4, 0.5) is 0 Å². The minimum Gasteiger partial charge on any atom is -0.309 e. The second-order valence-electron chi connectivity index (χ2n) is 3.44. The van der Waals surface area contributed by atoms with Crippen LogP contribution in [0.3, 0.4) is 0 Å². The van der Waals surface area contributed by atoms with Crippen molar-refractivity contribution in [2.75, 3.05) is 20.6 Å². The summed E-state index contributed by atoms with van der Waals surface area (Å²) in [4.78, 5) is 13.5. The molecule has 5 nitrogen and oxygen atoms in total. The Bertz CT molecular complexity index is 306. The lowest BCUT2D eigenvalue weighted by Gasteiger charge is -2.06. The Kier molecular flexibility index (Phi) is 3.76. The standard InChI is InChI=1S/C9H16N4O/c1-4-13-7-8(10-11-13)9(14)5-6-12(2)3/h7H,4-6H2,1-3H3. The van der Waals surface area contributed by atoms with Gasteiger partial charge in [0.15, 0.2) is 5.78 Å². The van der Waals surface area contributed by atoms with E-state index in [0.717, 1.165) is 13.1 Å². The van der Waals surface area contributed by atoms with Crippen molar-refractivity contribution in [2.45, 2.75) is 19.9 Å². The molecule has 0 unspecified atom stereocenters. The highest BCUT2D eigenvalue weighted by Crippen LogP contribution is 1.99. The molecule has 14 heavy (non-hydrogen) atoms. The first-order valence-electron chi connectivity index (χ1n) is 4.71. The van der Waals surface area contributed by atoms with E-state index in [2.05, 4.69) is 10.3 Å². The minimum atomic E-state index is 0.0541. The molecule has 0 spiro atoms. The third-order valence-electron chi connectivity index (χ3n) is 1.93. The quantitative estimate of drug-likeness (QED) is 0.641. The number of Topliss-reactive ketones (excluding diaryl/α,β-unsaturated/α-hetero) is 1. The molecule has 0 aromatic carbocycles. The molecule has 78 valence electrons. The van der Waals surface area contributed by atoms with Gasteiger partial charge in [-0.1, -0.05) is 5.21 Å². The number of nitrogens with zero attached hydrogens (tertiary/aromatic N) is 4. The Morgan fingerprint density at radius 1 is 1.57 bits per heavy atom. The van der Waals surface area contributed by atoms with Gasteiger partial charge in [-0.2, -0.15) is 0 Å². The maximum Gasteiger partial charge on any atom is 0.185 e. The fraction of sp³-hybridized carbons (Fsp3) is 0.667. The van der Waals surface area contributed by atoms with Crippen LogP contribution in [0.15, 0.2) is 6.20 Å². The topological polar surface area (TPSA) is 51.0 Å². The predicted molar refractivity (Wildman–Crippen MR) is 53.2 cm³/mol. The van der Waals surface area contributed by atoms with Crippen LogP contribution in [0.2, 0.25) is 0 Å². The van der Waals surface area contributed by atoms with Crippen LogP contribution in [-0.2, 0) is 6.54 Å². The summed E-state index contributed by atoms with van der Waals surface area (Å²) >= 11 is 0. The molecule has 1 heterocycles. The third kappa shape index (κ3) is 2.92. The van der Waals surface area contributed by atoms with Crippen LogP contribution in [-0.4, -0.2) is 46.3 Å². The normalized spacial score (nSPS) is 10.9. The molecule has 0 N–H and O–H groups in total. The monoisotopic (exact) mass is 196 g/mol. The fourth-order valence-electron chi connectivity index (χ4n) is 1.03. The zero-order chi connectivity index (χ0) is 10.6. The summed E-state index contributed by atoms with van der Waals surface area (Å²) in [5, 5.41) is 7.62. The Labute approximate surface area is 83.7 Å². The summed E-state index contributed by atoms with van der Waals surface area (Å²) in [6.45, 7) is 3.45. The molecule has 0 atom stereocenters. The predicted octanol–water partition coefficient (Wildman–Crippen LogP) is 0.432. The van der Waals surface area contributed by atoms with Gasteiger partial charge in [0, 0.05) is 19.5 Å². The number of ketones is 1. The Balaban J connectivity index is 2.52. The van der Waals surface area contributed by atoms with Crippen LogP contribution < -0.4 is 0 Å². The lowest BCUT2D eigenvalue weighted by atomic mass is 10.2. The van der Waals surface area contributed by atoms with Crippen LogP contribution in [0.25, 0.3) is 0 Å². The number of hydrogen-bond donors (Lipinski definition) is 0. The van der Waals surface area contributed by atoms with Crippen molar-refractivity contribution < 1.29 is 4.79 Å². The Morgan fingerprint density at radius 3 is 2.79 bits per heavy atom. The lowest BCUT2D eigenvalue weighted by molar-refractivity contribution is 0.0967. The number of carbonyl (C=O) groups is 1. The average Bonchev–Trinajstić information content (AvgIpc) is 2.62. The van der Waals surface area contributed by atoms with E-state index in [9.17, 15) is 4.79 Å². The molecule has 0 bridgehead atoms. The number of carbonyl (C=O) groups excluding carboxylic acids is 1. The molecule has 0 radical (unpaired) electrons. The van der Waals surface area contributed by atoms with Gasteiger partial charge < -0.3 is 4.90 Å².